The molecule has 1 fully saturated rings. The van der Waals surface area contributed by atoms with Gasteiger partial charge in [0, 0.05) is 12.0 Å². The minimum atomic E-state index is 0.0330. The molecule has 0 aromatic rings. The number of hydrogen-bond donors (Lipinski definition) is 1. The Labute approximate surface area is 75.3 Å². The van der Waals surface area contributed by atoms with Crippen molar-refractivity contribution in [3.05, 3.63) is 0 Å². The van der Waals surface area contributed by atoms with Crippen molar-refractivity contribution in [3.8, 4) is 0 Å². The molecule has 0 amide bonds. The number of aliphatic imine (C=N–C) groups is 1. The molecule has 1 aliphatic rings. The topological polar surface area (TPSA) is 38.4 Å². The van der Waals surface area contributed by atoms with E-state index in [2.05, 4.69) is 32.7 Å². The van der Waals surface area contributed by atoms with Crippen molar-refractivity contribution >= 4 is 5.84 Å². The zero-order valence-corrected chi connectivity index (χ0v) is 8.65. The van der Waals surface area contributed by atoms with Gasteiger partial charge in [0.1, 0.15) is 0 Å². The molecular weight excluding hydrogens is 148 g/mol. The number of hydrogen-bond acceptors (Lipinski definition) is 1. The average Bonchev–Trinajstić information content (AvgIpc) is 2.62. The molecule has 2 N–H and O–H groups in total. The van der Waals surface area contributed by atoms with Gasteiger partial charge >= 0.3 is 0 Å². The Hall–Kier alpha value is -0.530. The van der Waals surface area contributed by atoms with Crippen LogP contribution in [-0.2, 0) is 0 Å². The number of nitrogens with two attached hydrogens (primary N) is 1. The highest BCUT2D eigenvalue weighted by molar-refractivity contribution is 5.85. The zero-order valence-electron chi connectivity index (χ0n) is 8.65. The summed E-state index contributed by atoms with van der Waals surface area (Å²) in [7, 11) is 0. The van der Waals surface area contributed by atoms with Gasteiger partial charge in [0.15, 0.2) is 0 Å². The summed E-state index contributed by atoms with van der Waals surface area (Å²) in [4.78, 5) is 4.42. The molecule has 0 radical (unpaired) electrons. The predicted molar refractivity (Wildman–Crippen MR) is 53.3 cm³/mol. The van der Waals surface area contributed by atoms with Gasteiger partial charge in [0.25, 0.3) is 0 Å². The molecule has 0 heterocycles. The van der Waals surface area contributed by atoms with Gasteiger partial charge in [0.05, 0.1) is 5.84 Å². The fourth-order valence-electron chi connectivity index (χ4n) is 0.885. The van der Waals surface area contributed by atoms with Gasteiger partial charge in [-0.15, -0.1) is 0 Å². The van der Waals surface area contributed by atoms with E-state index in [1.54, 1.807) is 0 Å². The fourth-order valence-corrected chi connectivity index (χ4v) is 0.885. The first kappa shape index (κ1) is 9.56. The highest BCUT2D eigenvalue weighted by Crippen LogP contribution is 2.45. The largest absolute Gasteiger partial charge is 0.387 e. The first-order chi connectivity index (χ1) is 5.33. The van der Waals surface area contributed by atoms with E-state index in [-0.39, 0.29) is 5.41 Å². The first-order valence-electron chi connectivity index (χ1n) is 4.64. The van der Waals surface area contributed by atoms with Crippen molar-refractivity contribution in [1.29, 1.82) is 0 Å². The van der Waals surface area contributed by atoms with Gasteiger partial charge < -0.3 is 5.73 Å². The summed E-state index contributed by atoms with van der Waals surface area (Å²) in [6.07, 6.45) is 2.63. The van der Waals surface area contributed by atoms with Gasteiger partial charge in [-0.1, -0.05) is 27.7 Å². The number of rotatable bonds is 2. The van der Waals surface area contributed by atoms with E-state index in [1.165, 1.54) is 12.8 Å². The van der Waals surface area contributed by atoms with E-state index in [0.29, 0.717) is 5.41 Å². The molecular formula is C10H20N2. The molecule has 2 heteroatoms. The Balaban J connectivity index is 2.46. The van der Waals surface area contributed by atoms with Crippen LogP contribution in [0.1, 0.15) is 40.5 Å². The molecule has 0 saturated heterocycles. The van der Waals surface area contributed by atoms with Gasteiger partial charge in [-0.05, 0) is 18.3 Å². The molecule has 0 atom stereocenters. The predicted octanol–water partition coefficient (Wildman–Crippen LogP) is 2.19. The molecule has 1 rings (SSSR count). The zero-order chi connectivity index (χ0) is 9.41. The Morgan fingerprint density at radius 2 is 1.92 bits per heavy atom. The van der Waals surface area contributed by atoms with Crippen LogP contribution < -0.4 is 5.73 Å². The van der Waals surface area contributed by atoms with E-state index >= 15 is 0 Å². The van der Waals surface area contributed by atoms with Crippen molar-refractivity contribution in [2.45, 2.75) is 40.5 Å². The van der Waals surface area contributed by atoms with Crippen LogP contribution in [0.25, 0.3) is 0 Å². The molecule has 0 spiro atoms. The summed E-state index contributed by atoms with van der Waals surface area (Å²) in [5.41, 5.74) is 6.35. The number of amidine groups is 1. The SMILES string of the molecule is CC1(CN=C(N)C(C)(C)C)CC1. The van der Waals surface area contributed by atoms with Crippen LogP contribution in [0.3, 0.4) is 0 Å². The second-order valence-corrected chi connectivity index (χ2v) is 5.26. The van der Waals surface area contributed by atoms with E-state index in [1.807, 2.05) is 0 Å². The van der Waals surface area contributed by atoms with Gasteiger partial charge in [-0.25, -0.2) is 0 Å². The quantitative estimate of drug-likeness (QED) is 0.498. The van der Waals surface area contributed by atoms with Crippen molar-refractivity contribution in [2.24, 2.45) is 21.6 Å². The Bertz CT molecular complexity index is 194. The Morgan fingerprint density at radius 3 is 2.25 bits per heavy atom. The first-order valence-corrected chi connectivity index (χ1v) is 4.64. The lowest BCUT2D eigenvalue weighted by Crippen LogP contribution is -2.29. The van der Waals surface area contributed by atoms with Crippen LogP contribution in [0.15, 0.2) is 4.99 Å². The third-order valence-corrected chi connectivity index (χ3v) is 2.50. The summed E-state index contributed by atoms with van der Waals surface area (Å²) in [5.74, 6) is 0.788. The minimum Gasteiger partial charge on any atom is -0.387 e. The summed E-state index contributed by atoms with van der Waals surface area (Å²) < 4.78 is 0. The molecule has 1 saturated carbocycles. The van der Waals surface area contributed by atoms with E-state index in [0.717, 1.165) is 12.4 Å². The van der Waals surface area contributed by atoms with Crippen LogP contribution in [0.2, 0.25) is 0 Å². The third-order valence-electron chi connectivity index (χ3n) is 2.50. The molecule has 0 aromatic heterocycles. The second kappa shape index (κ2) is 2.75. The third kappa shape index (κ3) is 2.50. The lowest BCUT2D eigenvalue weighted by Gasteiger charge is -2.18. The van der Waals surface area contributed by atoms with Crippen LogP contribution >= 0.6 is 0 Å². The van der Waals surface area contributed by atoms with Crippen LogP contribution in [0.5, 0.6) is 0 Å². The maximum absolute atomic E-state index is 5.84. The van der Waals surface area contributed by atoms with E-state index in [4.69, 9.17) is 5.73 Å². The summed E-state index contributed by atoms with van der Waals surface area (Å²) >= 11 is 0. The lowest BCUT2D eigenvalue weighted by molar-refractivity contribution is 0.555. The summed E-state index contributed by atoms with van der Waals surface area (Å²) in [5, 5.41) is 0. The monoisotopic (exact) mass is 168 g/mol. The maximum Gasteiger partial charge on any atom is 0.0991 e. The number of nitrogens with zero attached hydrogens (tertiary/aromatic N) is 1. The van der Waals surface area contributed by atoms with Gasteiger partial charge in [-0.2, -0.15) is 0 Å². The Morgan fingerprint density at radius 1 is 1.42 bits per heavy atom. The molecule has 70 valence electrons. The molecule has 2 nitrogen and oxygen atoms in total. The molecule has 0 bridgehead atoms. The average molecular weight is 168 g/mol. The van der Waals surface area contributed by atoms with E-state index < -0.39 is 0 Å². The molecule has 0 aromatic carbocycles. The van der Waals surface area contributed by atoms with Crippen molar-refractivity contribution in [3.63, 3.8) is 0 Å². The van der Waals surface area contributed by atoms with E-state index in [9.17, 15) is 0 Å². The fraction of sp³-hybridized carbons (Fsp3) is 0.900. The highest BCUT2D eigenvalue weighted by atomic mass is 14.9. The normalized spacial score (nSPS) is 22.5. The van der Waals surface area contributed by atoms with Gasteiger partial charge in [-0.3, -0.25) is 4.99 Å². The molecule has 0 aliphatic heterocycles. The Kier molecular flexibility index (Phi) is 2.19. The van der Waals surface area contributed by atoms with Crippen molar-refractivity contribution < 1.29 is 0 Å². The lowest BCUT2D eigenvalue weighted by atomic mass is 9.95. The standard InChI is InChI=1S/C10H20N2/c1-9(2,3)8(11)12-7-10(4)5-6-10/h5-7H2,1-4H3,(H2,11,12). The van der Waals surface area contributed by atoms with Crippen LogP contribution in [0.4, 0.5) is 0 Å². The van der Waals surface area contributed by atoms with Crippen molar-refractivity contribution in [2.75, 3.05) is 6.54 Å². The second-order valence-electron chi connectivity index (χ2n) is 5.26. The smallest absolute Gasteiger partial charge is 0.0991 e. The molecule has 12 heavy (non-hydrogen) atoms. The van der Waals surface area contributed by atoms with Crippen LogP contribution in [-0.4, -0.2) is 12.4 Å². The minimum absolute atomic E-state index is 0.0330. The molecule has 0 unspecified atom stereocenters. The van der Waals surface area contributed by atoms with Crippen molar-refractivity contribution in [1.82, 2.24) is 0 Å². The van der Waals surface area contributed by atoms with Crippen LogP contribution in [0, 0.1) is 10.8 Å². The highest BCUT2D eigenvalue weighted by Gasteiger charge is 2.37. The summed E-state index contributed by atoms with van der Waals surface area (Å²) in [6.45, 7) is 9.48. The van der Waals surface area contributed by atoms with Gasteiger partial charge in [0.2, 0.25) is 0 Å². The molecule has 1 aliphatic carbocycles. The maximum atomic E-state index is 5.84. The summed E-state index contributed by atoms with van der Waals surface area (Å²) in [6, 6.07) is 0.